The van der Waals surface area contributed by atoms with Gasteiger partial charge in [0.2, 0.25) is 0 Å². The monoisotopic (exact) mass is 296 g/mol. The molecule has 0 aromatic heterocycles. The summed E-state index contributed by atoms with van der Waals surface area (Å²) in [4.78, 5) is 11.1. The third-order valence-corrected chi connectivity index (χ3v) is 6.62. The van der Waals surface area contributed by atoms with Gasteiger partial charge in [-0.25, -0.2) is 13.2 Å². The van der Waals surface area contributed by atoms with Crippen molar-refractivity contribution in [1.29, 1.82) is 0 Å². The van der Waals surface area contributed by atoms with Crippen LogP contribution in [0.5, 0.6) is 0 Å². The molecule has 20 heavy (non-hydrogen) atoms. The van der Waals surface area contributed by atoms with E-state index >= 15 is 0 Å². The van der Waals surface area contributed by atoms with Gasteiger partial charge in [0.15, 0.2) is 9.84 Å². The summed E-state index contributed by atoms with van der Waals surface area (Å²) >= 11 is 0. The summed E-state index contributed by atoms with van der Waals surface area (Å²) in [6, 6.07) is 5.66. The molecule has 5 heteroatoms. The number of hydrogen-bond donors (Lipinski definition) is 1. The average molecular weight is 296 g/mol. The minimum absolute atomic E-state index is 0.0169. The summed E-state index contributed by atoms with van der Waals surface area (Å²) in [5, 5.41) is 8.58. The van der Waals surface area contributed by atoms with Gasteiger partial charge in [-0.1, -0.05) is 19.9 Å². The Morgan fingerprint density at radius 2 is 1.90 bits per heavy atom. The fourth-order valence-electron chi connectivity index (χ4n) is 2.78. The number of aromatic carboxylic acids is 1. The van der Waals surface area contributed by atoms with E-state index in [1.54, 1.807) is 0 Å². The first kappa shape index (κ1) is 15.0. The van der Waals surface area contributed by atoms with Crippen LogP contribution < -0.4 is 0 Å². The smallest absolute Gasteiger partial charge is 0.335 e. The molecule has 1 aromatic carbocycles. The zero-order valence-corrected chi connectivity index (χ0v) is 12.6. The maximum Gasteiger partial charge on any atom is 0.335 e. The lowest BCUT2D eigenvalue weighted by atomic mass is 9.81. The molecule has 110 valence electrons. The summed E-state index contributed by atoms with van der Waals surface area (Å²) in [6.45, 7) is 4.23. The van der Waals surface area contributed by atoms with Gasteiger partial charge in [0.25, 0.3) is 0 Å². The number of carboxylic acid groups (broad SMARTS) is 1. The van der Waals surface area contributed by atoms with E-state index in [1.165, 1.54) is 24.3 Å². The number of rotatable bonds is 3. The first-order valence-electron chi connectivity index (χ1n) is 6.89. The second-order valence-electron chi connectivity index (χ2n) is 5.77. The van der Waals surface area contributed by atoms with Crippen molar-refractivity contribution < 1.29 is 18.3 Å². The van der Waals surface area contributed by atoms with Gasteiger partial charge in [0.05, 0.1) is 15.7 Å². The van der Waals surface area contributed by atoms with Crippen LogP contribution in [0.15, 0.2) is 29.2 Å². The van der Waals surface area contributed by atoms with Gasteiger partial charge in [0.1, 0.15) is 0 Å². The van der Waals surface area contributed by atoms with Crippen LogP contribution in [0.4, 0.5) is 0 Å². The summed E-state index contributed by atoms with van der Waals surface area (Å²) < 4.78 is 25.2. The quantitative estimate of drug-likeness (QED) is 0.930. The summed E-state index contributed by atoms with van der Waals surface area (Å²) in [5.41, 5.74) is 0.0169. The molecule has 3 atom stereocenters. The van der Waals surface area contributed by atoms with Crippen molar-refractivity contribution in [3.63, 3.8) is 0 Å². The third kappa shape index (κ3) is 2.87. The van der Waals surface area contributed by atoms with Crippen LogP contribution in [-0.4, -0.2) is 24.7 Å². The number of carbonyl (C=O) groups is 1. The lowest BCUT2D eigenvalue weighted by Gasteiger charge is -2.31. The number of carboxylic acids is 1. The van der Waals surface area contributed by atoms with Crippen LogP contribution in [0.2, 0.25) is 0 Å². The second-order valence-corrected chi connectivity index (χ2v) is 8.00. The molecular weight excluding hydrogens is 276 g/mol. The third-order valence-electron chi connectivity index (χ3n) is 4.40. The highest BCUT2D eigenvalue weighted by Crippen LogP contribution is 2.35. The molecule has 0 saturated heterocycles. The van der Waals surface area contributed by atoms with Crippen LogP contribution >= 0.6 is 0 Å². The van der Waals surface area contributed by atoms with E-state index in [0.29, 0.717) is 24.7 Å². The zero-order chi connectivity index (χ0) is 14.9. The zero-order valence-electron chi connectivity index (χ0n) is 11.7. The van der Waals surface area contributed by atoms with Gasteiger partial charge >= 0.3 is 5.97 Å². The average Bonchev–Trinajstić information content (AvgIpc) is 2.42. The van der Waals surface area contributed by atoms with Crippen LogP contribution in [0.25, 0.3) is 0 Å². The molecule has 3 unspecified atom stereocenters. The Labute approximate surface area is 119 Å². The SMILES string of the molecule is CC1CCC(S(=O)(=O)c2cccc(C(=O)O)c2)CC1C. The van der Waals surface area contributed by atoms with Gasteiger partial charge in [0, 0.05) is 0 Å². The van der Waals surface area contributed by atoms with E-state index in [4.69, 9.17) is 5.11 Å². The summed E-state index contributed by atoms with van der Waals surface area (Å²) in [5.74, 6) is -0.175. The summed E-state index contributed by atoms with van der Waals surface area (Å²) in [7, 11) is -3.44. The first-order valence-corrected chi connectivity index (χ1v) is 8.44. The van der Waals surface area contributed by atoms with E-state index in [-0.39, 0.29) is 10.5 Å². The number of benzene rings is 1. The van der Waals surface area contributed by atoms with E-state index in [1.807, 2.05) is 0 Å². The highest BCUT2D eigenvalue weighted by atomic mass is 32.2. The Hall–Kier alpha value is -1.36. The second kappa shape index (κ2) is 5.56. The van der Waals surface area contributed by atoms with Crippen LogP contribution in [0.3, 0.4) is 0 Å². The van der Waals surface area contributed by atoms with Crippen molar-refractivity contribution in [3.05, 3.63) is 29.8 Å². The van der Waals surface area contributed by atoms with E-state index in [2.05, 4.69) is 13.8 Å². The van der Waals surface area contributed by atoms with Gasteiger partial charge in [-0.15, -0.1) is 0 Å². The molecule has 1 fully saturated rings. The van der Waals surface area contributed by atoms with Crippen molar-refractivity contribution in [2.45, 2.75) is 43.3 Å². The van der Waals surface area contributed by atoms with Gasteiger partial charge in [-0.05, 0) is 49.3 Å². The van der Waals surface area contributed by atoms with Crippen LogP contribution in [-0.2, 0) is 9.84 Å². The van der Waals surface area contributed by atoms with E-state index in [0.717, 1.165) is 6.42 Å². The minimum atomic E-state index is -3.44. The van der Waals surface area contributed by atoms with Crippen LogP contribution in [0.1, 0.15) is 43.5 Å². The Kier molecular flexibility index (Phi) is 4.18. The highest BCUT2D eigenvalue weighted by Gasteiger charge is 2.34. The van der Waals surface area contributed by atoms with Crippen molar-refractivity contribution in [3.8, 4) is 0 Å². The molecule has 4 nitrogen and oxygen atoms in total. The van der Waals surface area contributed by atoms with Crippen LogP contribution in [0, 0.1) is 11.8 Å². The molecule has 1 aliphatic carbocycles. The molecule has 1 aliphatic rings. The fourth-order valence-corrected chi connectivity index (χ4v) is 4.73. The van der Waals surface area contributed by atoms with E-state index < -0.39 is 21.1 Å². The van der Waals surface area contributed by atoms with Crippen molar-refractivity contribution >= 4 is 15.8 Å². The molecule has 1 saturated carbocycles. The van der Waals surface area contributed by atoms with Gasteiger partial charge in [-0.2, -0.15) is 0 Å². The van der Waals surface area contributed by atoms with E-state index in [9.17, 15) is 13.2 Å². The molecule has 0 radical (unpaired) electrons. The molecular formula is C15H20O4S. The standard InChI is InChI=1S/C15H20O4S/c1-10-6-7-14(8-11(10)2)20(18,19)13-5-3-4-12(9-13)15(16)17/h3-5,9-11,14H,6-8H2,1-2H3,(H,16,17). The summed E-state index contributed by atoms with van der Waals surface area (Å²) in [6.07, 6.45) is 2.22. The Morgan fingerprint density at radius 1 is 1.20 bits per heavy atom. The molecule has 0 spiro atoms. The minimum Gasteiger partial charge on any atom is -0.478 e. The lowest BCUT2D eigenvalue weighted by molar-refractivity contribution is 0.0696. The van der Waals surface area contributed by atoms with Gasteiger partial charge < -0.3 is 5.11 Å². The molecule has 0 bridgehead atoms. The molecule has 0 aliphatic heterocycles. The van der Waals surface area contributed by atoms with Gasteiger partial charge in [-0.3, -0.25) is 0 Å². The topological polar surface area (TPSA) is 71.4 Å². The number of sulfone groups is 1. The van der Waals surface area contributed by atoms with Crippen molar-refractivity contribution in [2.24, 2.45) is 11.8 Å². The Bertz CT molecular complexity index is 606. The highest BCUT2D eigenvalue weighted by molar-refractivity contribution is 7.92. The Morgan fingerprint density at radius 3 is 2.50 bits per heavy atom. The Balaban J connectivity index is 2.31. The van der Waals surface area contributed by atoms with Crippen molar-refractivity contribution in [1.82, 2.24) is 0 Å². The predicted molar refractivity (Wildman–Crippen MR) is 76.6 cm³/mol. The molecule has 1 aromatic rings. The van der Waals surface area contributed by atoms with Crippen molar-refractivity contribution in [2.75, 3.05) is 0 Å². The molecule has 1 N–H and O–H groups in total. The fraction of sp³-hybridized carbons (Fsp3) is 0.533. The number of hydrogen-bond acceptors (Lipinski definition) is 3. The molecule has 2 rings (SSSR count). The normalized spacial score (nSPS) is 27.2. The maximum atomic E-state index is 12.6. The molecule has 0 heterocycles. The predicted octanol–water partition coefficient (Wildman–Crippen LogP) is 2.98. The lowest BCUT2D eigenvalue weighted by Crippen LogP contribution is -2.31. The molecule has 0 amide bonds. The maximum absolute atomic E-state index is 12.6. The first-order chi connectivity index (χ1) is 9.32. The largest absolute Gasteiger partial charge is 0.478 e.